The monoisotopic (exact) mass is 378 g/mol. The van der Waals surface area contributed by atoms with E-state index in [0.29, 0.717) is 44.1 Å². The first-order valence-corrected chi connectivity index (χ1v) is 9.38. The molecule has 0 aliphatic carbocycles. The summed E-state index contributed by atoms with van der Waals surface area (Å²) in [6.07, 6.45) is 1.46. The van der Waals surface area contributed by atoms with Crippen LogP contribution in [0.25, 0.3) is 0 Å². The standard InChI is InChI=1S/C19H23ClN2O4/c1-2-26-19(25)13-7-9-21(10-8-13)18(24)14-11-17(23)22(12-14)16-5-3-15(20)4-6-16/h3-6,13-14H,2,7-12H2,1H3/t14-/m1/s1. The highest BCUT2D eigenvalue weighted by Crippen LogP contribution is 2.29. The number of hydrogen-bond donors (Lipinski definition) is 0. The average Bonchev–Trinajstić information content (AvgIpc) is 3.04. The Morgan fingerprint density at radius 1 is 1.15 bits per heavy atom. The number of carbonyl (C=O) groups is 3. The first kappa shape index (κ1) is 18.7. The maximum atomic E-state index is 12.8. The Morgan fingerprint density at radius 2 is 1.81 bits per heavy atom. The molecule has 2 heterocycles. The van der Waals surface area contributed by atoms with Gasteiger partial charge in [-0.1, -0.05) is 11.6 Å². The number of carbonyl (C=O) groups excluding carboxylic acids is 3. The SMILES string of the molecule is CCOC(=O)C1CCN(C(=O)[C@@H]2CC(=O)N(c3ccc(Cl)cc3)C2)CC1. The molecule has 0 spiro atoms. The zero-order valence-corrected chi connectivity index (χ0v) is 15.6. The Morgan fingerprint density at radius 3 is 2.42 bits per heavy atom. The summed E-state index contributed by atoms with van der Waals surface area (Å²) in [5, 5.41) is 0.609. The Balaban J connectivity index is 1.57. The van der Waals surface area contributed by atoms with Crippen LogP contribution in [0.4, 0.5) is 5.69 Å². The lowest BCUT2D eigenvalue weighted by Gasteiger charge is -2.32. The molecule has 7 heteroatoms. The summed E-state index contributed by atoms with van der Waals surface area (Å²) in [5.41, 5.74) is 0.760. The topological polar surface area (TPSA) is 66.9 Å². The van der Waals surface area contributed by atoms with Crippen molar-refractivity contribution >= 4 is 35.1 Å². The Labute approximate surface area is 158 Å². The Bertz CT molecular complexity index is 683. The molecular weight excluding hydrogens is 356 g/mol. The van der Waals surface area contributed by atoms with Crippen molar-refractivity contribution in [2.24, 2.45) is 11.8 Å². The predicted molar refractivity (Wildman–Crippen MR) is 97.8 cm³/mol. The minimum atomic E-state index is -0.336. The summed E-state index contributed by atoms with van der Waals surface area (Å²) in [7, 11) is 0. The number of piperidine rings is 1. The summed E-state index contributed by atoms with van der Waals surface area (Å²) < 4.78 is 5.06. The van der Waals surface area contributed by atoms with Crippen LogP contribution in [-0.2, 0) is 19.1 Å². The molecule has 140 valence electrons. The summed E-state index contributed by atoms with van der Waals surface area (Å²) in [5.74, 6) is -0.694. The van der Waals surface area contributed by atoms with Gasteiger partial charge in [-0.05, 0) is 44.0 Å². The molecule has 0 N–H and O–H groups in total. The number of nitrogens with zero attached hydrogens (tertiary/aromatic N) is 2. The molecule has 2 aliphatic heterocycles. The molecule has 1 aromatic carbocycles. The molecule has 1 aromatic rings. The fourth-order valence-corrected chi connectivity index (χ4v) is 3.72. The summed E-state index contributed by atoms with van der Waals surface area (Å²) >= 11 is 5.89. The zero-order chi connectivity index (χ0) is 18.7. The van der Waals surface area contributed by atoms with E-state index in [1.54, 1.807) is 41.0 Å². The van der Waals surface area contributed by atoms with Crippen molar-refractivity contribution in [3.05, 3.63) is 29.3 Å². The summed E-state index contributed by atoms with van der Waals surface area (Å²) in [6.45, 7) is 3.63. The number of amides is 2. The van der Waals surface area contributed by atoms with Gasteiger partial charge in [-0.15, -0.1) is 0 Å². The molecule has 2 saturated heterocycles. The van der Waals surface area contributed by atoms with E-state index in [1.165, 1.54) is 0 Å². The van der Waals surface area contributed by atoms with Gasteiger partial charge in [0.2, 0.25) is 11.8 Å². The van der Waals surface area contributed by atoms with E-state index < -0.39 is 0 Å². The number of halogens is 1. The highest BCUT2D eigenvalue weighted by atomic mass is 35.5. The van der Waals surface area contributed by atoms with Gasteiger partial charge in [-0.2, -0.15) is 0 Å². The van der Waals surface area contributed by atoms with Crippen molar-refractivity contribution in [1.82, 2.24) is 4.90 Å². The van der Waals surface area contributed by atoms with E-state index >= 15 is 0 Å². The van der Waals surface area contributed by atoms with Crippen LogP contribution in [0.2, 0.25) is 5.02 Å². The van der Waals surface area contributed by atoms with E-state index in [0.717, 1.165) is 5.69 Å². The lowest BCUT2D eigenvalue weighted by molar-refractivity contribution is -0.151. The Kier molecular flexibility index (Phi) is 5.81. The molecule has 0 radical (unpaired) electrons. The molecule has 1 atom stereocenters. The van der Waals surface area contributed by atoms with Gasteiger partial charge < -0.3 is 14.5 Å². The Hall–Kier alpha value is -2.08. The van der Waals surface area contributed by atoms with E-state index in [9.17, 15) is 14.4 Å². The van der Waals surface area contributed by atoms with Crippen molar-refractivity contribution in [2.75, 3.05) is 31.1 Å². The van der Waals surface area contributed by atoms with E-state index in [4.69, 9.17) is 16.3 Å². The van der Waals surface area contributed by atoms with Crippen molar-refractivity contribution < 1.29 is 19.1 Å². The van der Waals surface area contributed by atoms with Gasteiger partial charge in [0.15, 0.2) is 0 Å². The van der Waals surface area contributed by atoms with Crippen LogP contribution in [0.15, 0.2) is 24.3 Å². The van der Waals surface area contributed by atoms with Gasteiger partial charge in [-0.3, -0.25) is 14.4 Å². The van der Waals surface area contributed by atoms with Crippen LogP contribution >= 0.6 is 11.6 Å². The van der Waals surface area contributed by atoms with E-state index in [2.05, 4.69) is 0 Å². The van der Waals surface area contributed by atoms with E-state index in [-0.39, 0.29) is 36.0 Å². The van der Waals surface area contributed by atoms with Crippen LogP contribution in [0.1, 0.15) is 26.2 Å². The molecule has 0 unspecified atom stereocenters. The number of rotatable bonds is 4. The van der Waals surface area contributed by atoms with Crippen molar-refractivity contribution in [2.45, 2.75) is 26.2 Å². The van der Waals surface area contributed by atoms with Crippen molar-refractivity contribution in [1.29, 1.82) is 0 Å². The van der Waals surface area contributed by atoms with Crippen LogP contribution in [0.5, 0.6) is 0 Å². The molecule has 0 saturated carbocycles. The largest absolute Gasteiger partial charge is 0.466 e. The number of hydrogen-bond acceptors (Lipinski definition) is 4. The second-order valence-corrected chi connectivity index (χ2v) is 7.17. The number of esters is 1. The van der Waals surface area contributed by atoms with Crippen LogP contribution in [-0.4, -0.2) is 48.9 Å². The normalized spacial score (nSPS) is 21.2. The third kappa shape index (κ3) is 4.01. The molecule has 2 amide bonds. The molecule has 6 nitrogen and oxygen atoms in total. The van der Waals surface area contributed by atoms with Crippen LogP contribution < -0.4 is 4.90 Å². The lowest BCUT2D eigenvalue weighted by Crippen LogP contribution is -2.44. The number of anilines is 1. The fraction of sp³-hybridized carbons (Fsp3) is 0.526. The first-order chi connectivity index (χ1) is 12.5. The smallest absolute Gasteiger partial charge is 0.309 e. The third-order valence-electron chi connectivity index (χ3n) is 5.04. The van der Waals surface area contributed by atoms with Gasteiger partial charge in [0.25, 0.3) is 0 Å². The molecule has 0 aromatic heterocycles. The summed E-state index contributed by atoms with van der Waals surface area (Å²) in [6, 6.07) is 7.05. The first-order valence-electron chi connectivity index (χ1n) is 9.01. The average molecular weight is 379 g/mol. The molecule has 3 rings (SSSR count). The lowest BCUT2D eigenvalue weighted by atomic mass is 9.95. The highest BCUT2D eigenvalue weighted by Gasteiger charge is 2.38. The number of likely N-dealkylation sites (tertiary alicyclic amines) is 1. The molecule has 26 heavy (non-hydrogen) atoms. The molecule has 2 fully saturated rings. The minimum Gasteiger partial charge on any atom is -0.466 e. The van der Waals surface area contributed by atoms with Crippen LogP contribution in [0.3, 0.4) is 0 Å². The second-order valence-electron chi connectivity index (χ2n) is 6.73. The van der Waals surface area contributed by atoms with Gasteiger partial charge in [0, 0.05) is 36.8 Å². The van der Waals surface area contributed by atoms with Crippen LogP contribution in [0, 0.1) is 11.8 Å². The third-order valence-corrected chi connectivity index (χ3v) is 5.29. The predicted octanol–water partition coefficient (Wildman–Crippen LogP) is 2.49. The maximum absolute atomic E-state index is 12.8. The molecule has 0 bridgehead atoms. The number of benzene rings is 1. The summed E-state index contributed by atoms with van der Waals surface area (Å²) in [4.78, 5) is 40.4. The minimum absolute atomic E-state index is 0.00266. The van der Waals surface area contributed by atoms with Crippen molar-refractivity contribution in [3.8, 4) is 0 Å². The van der Waals surface area contributed by atoms with Gasteiger partial charge in [0.1, 0.15) is 0 Å². The van der Waals surface area contributed by atoms with Crippen molar-refractivity contribution in [3.63, 3.8) is 0 Å². The van der Waals surface area contributed by atoms with Gasteiger partial charge in [0.05, 0.1) is 18.4 Å². The quantitative estimate of drug-likeness (QED) is 0.755. The second kappa shape index (κ2) is 8.08. The van der Waals surface area contributed by atoms with E-state index in [1.807, 2.05) is 0 Å². The zero-order valence-electron chi connectivity index (χ0n) is 14.8. The highest BCUT2D eigenvalue weighted by molar-refractivity contribution is 6.30. The van der Waals surface area contributed by atoms with Gasteiger partial charge in [-0.25, -0.2) is 0 Å². The molecule has 2 aliphatic rings. The molecular formula is C19H23ClN2O4. The fourth-order valence-electron chi connectivity index (χ4n) is 3.60. The van der Waals surface area contributed by atoms with Gasteiger partial charge >= 0.3 is 5.97 Å². The maximum Gasteiger partial charge on any atom is 0.309 e. The number of ether oxygens (including phenoxy) is 1.